The average Bonchev–Trinajstić information content (AvgIpc) is 2.65. The van der Waals surface area contributed by atoms with Crippen molar-refractivity contribution in [1.82, 2.24) is 10.6 Å². The van der Waals surface area contributed by atoms with E-state index in [-0.39, 0.29) is 0 Å². The van der Waals surface area contributed by atoms with Gasteiger partial charge in [-0.3, -0.25) is 0 Å². The fraction of sp³-hybridized carbons (Fsp3) is 1.00. The van der Waals surface area contributed by atoms with Crippen LogP contribution in [0.2, 0.25) is 0 Å². The van der Waals surface area contributed by atoms with Crippen molar-refractivity contribution >= 4 is 0 Å². The smallest absolute Gasteiger partial charge is 0.00766 e. The molecular weight excluding hydrogens is 184 g/mol. The molecule has 1 fully saturated rings. The molecule has 1 saturated heterocycles. The van der Waals surface area contributed by atoms with Gasteiger partial charge < -0.3 is 10.6 Å². The molecule has 96 valence electrons. The SMILES string of the molecule is CC.CC.CC.CNC1CCCNCC1. The maximum absolute atomic E-state index is 3.37. The molecule has 2 heteroatoms. The van der Waals surface area contributed by atoms with Gasteiger partial charge >= 0.3 is 0 Å². The van der Waals surface area contributed by atoms with Gasteiger partial charge in [-0.1, -0.05) is 41.5 Å². The van der Waals surface area contributed by atoms with E-state index in [1.807, 2.05) is 41.5 Å². The first-order valence-corrected chi connectivity index (χ1v) is 6.81. The Hall–Kier alpha value is -0.0800. The third-order valence-corrected chi connectivity index (χ3v) is 1.98. The summed E-state index contributed by atoms with van der Waals surface area (Å²) in [5.41, 5.74) is 0. The Morgan fingerprint density at radius 2 is 1.40 bits per heavy atom. The topological polar surface area (TPSA) is 24.1 Å². The molecule has 1 rings (SSSR count). The van der Waals surface area contributed by atoms with Crippen molar-refractivity contribution in [3.63, 3.8) is 0 Å². The molecule has 0 aromatic heterocycles. The largest absolute Gasteiger partial charge is 0.317 e. The summed E-state index contributed by atoms with van der Waals surface area (Å²) in [5, 5.41) is 6.68. The Morgan fingerprint density at radius 3 is 1.87 bits per heavy atom. The zero-order valence-electron chi connectivity index (χ0n) is 12.1. The van der Waals surface area contributed by atoms with Crippen molar-refractivity contribution in [1.29, 1.82) is 0 Å². The molecule has 2 nitrogen and oxygen atoms in total. The molecule has 0 aromatic rings. The second kappa shape index (κ2) is 23.6. The number of rotatable bonds is 1. The summed E-state index contributed by atoms with van der Waals surface area (Å²) in [4.78, 5) is 0. The Kier molecular flexibility index (Phi) is 32.0. The van der Waals surface area contributed by atoms with Crippen molar-refractivity contribution in [2.75, 3.05) is 20.1 Å². The Morgan fingerprint density at radius 1 is 0.867 bits per heavy atom. The average molecular weight is 218 g/mol. The minimum absolute atomic E-state index is 0.764. The first-order chi connectivity index (χ1) is 7.43. The monoisotopic (exact) mass is 218 g/mol. The van der Waals surface area contributed by atoms with Crippen molar-refractivity contribution in [3.05, 3.63) is 0 Å². The highest BCUT2D eigenvalue weighted by Crippen LogP contribution is 2.02. The summed E-state index contributed by atoms with van der Waals surface area (Å²) in [5.74, 6) is 0. The Bertz CT molecular complexity index is 66.9. The van der Waals surface area contributed by atoms with Crippen LogP contribution < -0.4 is 10.6 Å². The predicted octanol–water partition coefficient (Wildman–Crippen LogP) is 3.43. The molecule has 1 aliphatic rings. The van der Waals surface area contributed by atoms with Gasteiger partial charge in [0.25, 0.3) is 0 Å². The maximum atomic E-state index is 3.37. The first-order valence-electron chi connectivity index (χ1n) is 6.81. The molecule has 0 radical (unpaired) electrons. The van der Waals surface area contributed by atoms with E-state index in [0.29, 0.717) is 0 Å². The predicted molar refractivity (Wildman–Crippen MR) is 73.6 cm³/mol. The van der Waals surface area contributed by atoms with Gasteiger partial charge in [-0.2, -0.15) is 0 Å². The van der Waals surface area contributed by atoms with Gasteiger partial charge in [-0.15, -0.1) is 0 Å². The summed E-state index contributed by atoms with van der Waals surface area (Å²) in [7, 11) is 2.05. The third kappa shape index (κ3) is 16.6. The van der Waals surface area contributed by atoms with Crippen LogP contribution >= 0.6 is 0 Å². The molecule has 2 N–H and O–H groups in total. The lowest BCUT2D eigenvalue weighted by Crippen LogP contribution is -2.25. The Balaban J connectivity index is -0.000000208. The lowest BCUT2D eigenvalue weighted by molar-refractivity contribution is 0.511. The van der Waals surface area contributed by atoms with E-state index in [4.69, 9.17) is 0 Å². The van der Waals surface area contributed by atoms with Gasteiger partial charge in [-0.25, -0.2) is 0 Å². The molecule has 1 aliphatic heterocycles. The van der Waals surface area contributed by atoms with Gasteiger partial charge in [0.15, 0.2) is 0 Å². The highest BCUT2D eigenvalue weighted by Gasteiger charge is 2.07. The number of hydrogen-bond donors (Lipinski definition) is 2. The molecule has 1 heterocycles. The minimum atomic E-state index is 0.764. The van der Waals surface area contributed by atoms with Crippen LogP contribution in [-0.4, -0.2) is 26.2 Å². The van der Waals surface area contributed by atoms with E-state index in [0.717, 1.165) is 6.04 Å². The molecule has 15 heavy (non-hydrogen) atoms. The van der Waals surface area contributed by atoms with Crippen LogP contribution in [-0.2, 0) is 0 Å². The third-order valence-electron chi connectivity index (χ3n) is 1.98. The molecule has 0 bridgehead atoms. The van der Waals surface area contributed by atoms with E-state index in [1.165, 1.54) is 32.4 Å². The molecular formula is C13H34N2. The van der Waals surface area contributed by atoms with Crippen molar-refractivity contribution in [2.45, 2.75) is 66.8 Å². The van der Waals surface area contributed by atoms with Crippen LogP contribution in [0.5, 0.6) is 0 Å². The summed E-state index contributed by atoms with van der Waals surface area (Å²) in [6, 6.07) is 0.764. The second-order valence-corrected chi connectivity index (χ2v) is 2.67. The highest BCUT2D eigenvalue weighted by molar-refractivity contribution is 4.69. The lowest BCUT2D eigenvalue weighted by atomic mass is 10.1. The lowest BCUT2D eigenvalue weighted by Gasteiger charge is -2.10. The number of nitrogens with one attached hydrogen (secondary N) is 2. The molecule has 1 atom stereocenters. The molecule has 0 saturated carbocycles. The van der Waals surface area contributed by atoms with Gasteiger partial charge in [0.1, 0.15) is 0 Å². The summed E-state index contributed by atoms with van der Waals surface area (Å²) < 4.78 is 0. The van der Waals surface area contributed by atoms with E-state index >= 15 is 0 Å². The van der Waals surface area contributed by atoms with Crippen molar-refractivity contribution in [3.8, 4) is 0 Å². The molecule has 0 aromatic carbocycles. The van der Waals surface area contributed by atoms with Crippen LogP contribution in [0.4, 0.5) is 0 Å². The molecule has 1 unspecified atom stereocenters. The molecule has 0 aliphatic carbocycles. The summed E-state index contributed by atoms with van der Waals surface area (Å²) in [6.45, 7) is 14.4. The fourth-order valence-corrected chi connectivity index (χ4v) is 1.31. The normalized spacial score (nSPS) is 19.0. The van der Waals surface area contributed by atoms with Crippen LogP contribution in [0.1, 0.15) is 60.8 Å². The summed E-state index contributed by atoms with van der Waals surface area (Å²) in [6.07, 6.45) is 3.95. The van der Waals surface area contributed by atoms with Crippen LogP contribution in [0.3, 0.4) is 0 Å². The zero-order chi connectivity index (χ0) is 12.5. The summed E-state index contributed by atoms with van der Waals surface area (Å²) >= 11 is 0. The van der Waals surface area contributed by atoms with E-state index in [9.17, 15) is 0 Å². The van der Waals surface area contributed by atoms with Crippen LogP contribution in [0.15, 0.2) is 0 Å². The maximum Gasteiger partial charge on any atom is 0.00766 e. The quantitative estimate of drug-likeness (QED) is 0.704. The standard InChI is InChI=1S/C7H16N2.3C2H6/c1-8-7-3-2-5-9-6-4-7;3*1-2/h7-9H,2-6H2,1H3;3*1-2H3. The second-order valence-electron chi connectivity index (χ2n) is 2.67. The minimum Gasteiger partial charge on any atom is -0.317 e. The number of hydrogen-bond acceptors (Lipinski definition) is 2. The van der Waals surface area contributed by atoms with Gasteiger partial charge in [-0.05, 0) is 39.4 Å². The van der Waals surface area contributed by atoms with E-state index in [2.05, 4.69) is 17.7 Å². The van der Waals surface area contributed by atoms with Gasteiger partial charge in [0.2, 0.25) is 0 Å². The van der Waals surface area contributed by atoms with Crippen LogP contribution in [0, 0.1) is 0 Å². The molecule has 0 spiro atoms. The van der Waals surface area contributed by atoms with Crippen molar-refractivity contribution < 1.29 is 0 Å². The first kappa shape index (κ1) is 20.3. The molecule has 0 amide bonds. The fourth-order valence-electron chi connectivity index (χ4n) is 1.31. The van der Waals surface area contributed by atoms with Gasteiger partial charge in [0, 0.05) is 6.04 Å². The highest BCUT2D eigenvalue weighted by atomic mass is 14.9. The van der Waals surface area contributed by atoms with E-state index < -0.39 is 0 Å². The zero-order valence-corrected chi connectivity index (χ0v) is 12.1. The Labute approximate surface area is 98.2 Å². The van der Waals surface area contributed by atoms with Gasteiger partial charge in [0.05, 0.1) is 0 Å². The van der Waals surface area contributed by atoms with Crippen molar-refractivity contribution in [2.24, 2.45) is 0 Å². The van der Waals surface area contributed by atoms with E-state index in [1.54, 1.807) is 0 Å². The van der Waals surface area contributed by atoms with Crippen LogP contribution in [0.25, 0.3) is 0 Å².